The summed E-state index contributed by atoms with van der Waals surface area (Å²) in [6.07, 6.45) is 2.54. The number of halogens is 1. The van der Waals surface area contributed by atoms with E-state index in [2.05, 4.69) is 0 Å². The SMILES string of the molecule is O=C1C[C@@H](c2coc3ccccc3c2=O)c2c(ccc3c(=O)c(-c4ccc(F)cc4)coc23)O1. The second-order valence-corrected chi connectivity index (χ2v) is 8.09. The summed E-state index contributed by atoms with van der Waals surface area (Å²) in [4.78, 5) is 39.0. The summed E-state index contributed by atoms with van der Waals surface area (Å²) >= 11 is 0. The molecule has 1 atom stereocenters. The Bertz CT molecular complexity index is 1730. The average molecular weight is 454 g/mol. The van der Waals surface area contributed by atoms with Crippen molar-refractivity contribution < 1.29 is 22.8 Å². The van der Waals surface area contributed by atoms with Gasteiger partial charge in [-0.05, 0) is 42.0 Å². The molecule has 166 valence electrons. The van der Waals surface area contributed by atoms with Gasteiger partial charge in [0.05, 0.1) is 29.0 Å². The number of hydrogen-bond donors (Lipinski definition) is 0. The Kier molecular flexibility index (Phi) is 4.45. The molecular weight excluding hydrogens is 439 g/mol. The highest BCUT2D eigenvalue weighted by Gasteiger charge is 2.34. The van der Waals surface area contributed by atoms with Crippen molar-refractivity contribution in [2.24, 2.45) is 0 Å². The number of carbonyl (C=O) groups excluding carboxylic acids is 1. The lowest BCUT2D eigenvalue weighted by Crippen LogP contribution is -2.25. The van der Waals surface area contributed by atoms with E-state index in [9.17, 15) is 18.8 Å². The summed E-state index contributed by atoms with van der Waals surface area (Å²) < 4.78 is 30.3. The highest BCUT2D eigenvalue weighted by Crippen LogP contribution is 2.42. The molecule has 0 saturated heterocycles. The Balaban J connectivity index is 1.59. The van der Waals surface area contributed by atoms with Gasteiger partial charge in [-0.25, -0.2) is 4.39 Å². The van der Waals surface area contributed by atoms with E-state index in [1.165, 1.54) is 48.9 Å². The van der Waals surface area contributed by atoms with Crippen LogP contribution in [0, 0.1) is 5.82 Å². The molecule has 0 radical (unpaired) electrons. The van der Waals surface area contributed by atoms with Crippen molar-refractivity contribution in [2.75, 3.05) is 0 Å². The van der Waals surface area contributed by atoms with Gasteiger partial charge in [0.2, 0.25) is 5.43 Å². The van der Waals surface area contributed by atoms with Crippen LogP contribution in [-0.2, 0) is 4.79 Å². The molecule has 1 aliphatic heterocycles. The largest absolute Gasteiger partial charge is 0.464 e. The first kappa shape index (κ1) is 20.1. The van der Waals surface area contributed by atoms with E-state index < -0.39 is 17.7 Å². The number of para-hydroxylation sites is 1. The fraction of sp³-hybridized carbons (Fsp3) is 0.0741. The molecule has 0 amide bonds. The zero-order valence-electron chi connectivity index (χ0n) is 17.5. The molecule has 5 aromatic rings. The van der Waals surface area contributed by atoms with E-state index in [1.807, 2.05) is 0 Å². The number of esters is 1. The Hall–Kier alpha value is -4.52. The van der Waals surface area contributed by atoms with Gasteiger partial charge in [-0.2, -0.15) is 0 Å². The third kappa shape index (κ3) is 3.05. The van der Waals surface area contributed by atoms with Crippen LogP contribution in [0.1, 0.15) is 23.5 Å². The molecule has 6 rings (SSSR count). The van der Waals surface area contributed by atoms with E-state index >= 15 is 0 Å². The number of benzene rings is 3. The second-order valence-electron chi connectivity index (χ2n) is 8.09. The van der Waals surface area contributed by atoms with E-state index in [0.717, 1.165) is 0 Å². The van der Waals surface area contributed by atoms with Crippen molar-refractivity contribution in [1.82, 2.24) is 0 Å². The first-order valence-electron chi connectivity index (χ1n) is 10.6. The standard InChI is InChI=1S/C27H15FO6/c28-15-7-5-14(6-8-15)19-12-33-27-17(26(19)31)9-10-22-24(27)18(11-23(29)34-22)20-13-32-21-4-2-1-3-16(21)25(20)30/h1-10,12-13,18H,11H2/t18-/m0/s1. The molecule has 7 heteroatoms. The summed E-state index contributed by atoms with van der Waals surface area (Å²) in [5.41, 5.74) is 1.54. The quantitative estimate of drug-likeness (QED) is 0.271. The molecule has 2 aromatic heterocycles. The minimum Gasteiger partial charge on any atom is -0.464 e. The number of ether oxygens (including phenoxy) is 1. The number of hydrogen-bond acceptors (Lipinski definition) is 6. The van der Waals surface area contributed by atoms with Crippen LogP contribution in [-0.4, -0.2) is 5.97 Å². The van der Waals surface area contributed by atoms with Gasteiger partial charge in [0.15, 0.2) is 5.43 Å². The third-order valence-corrected chi connectivity index (χ3v) is 6.12. The molecule has 0 bridgehead atoms. The van der Waals surface area contributed by atoms with Crippen molar-refractivity contribution in [3.05, 3.63) is 111 Å². The first-order chi connectivity index (χ1) is 16.5. The van der Waals surface area contributed by atoms with Crippen LogP contribution >= 0.6 is 0 Å². The topological polar surface area (TPSA) is 86.7 Å². The molecule has 0 N–H and O–H groups in total. The van der Waals surface area contributed by atoms with Gasteiger partial charge >= 0.3 is 5.97 Å². The normalized spacial score (nSPS) is 15.3. The third-order valence-electron chi connectivity index (χ3n) is 6.12. The molecule has 0 saturated carbocycles. The van der Waals surface area contributed by atoms with Crippen molar-refractivity contribution in [1.29, 1.82) is 0 Å². The molecule has 34 heavy (non-hydrogen) atoms. The molecule has 0 unspecified atom stereocenters. The maximum absolute atomic E-state index is 13.3. The smallest absolute Gasteiger partial charge is 0.312 e. The van der Waals surface area contributed by atoms with Gasteiger partial charge in [0.1, 0.15) is 29.0 Å². The molecule has 0 spiro atoms. The van der Waals surface area contributed by atoms with E-state index in [1.54, 1.807) is 24.3 Å². The Labute approximate surface area is 190 Å². The summed E-state index contributed by atoms with van der Waals surface area (Å²) in [5, 5.41) is 0.648. The highest BCUT2D eigenvalue weighted by atomic mass is 19.1. The Morgan fingerprint density at radius 1 is 0.794 bits per heavy atom. The van der Waals surface area contributed by atoms with Crippen LogP contribution in [0.15, 0.2) is 91.6 Å². The minimum absolute atomic E-state index is 0.112. The van der Waals surface area contributed by atoms with Crippen LogP contribution in [0.2, 0.25) is 0 Å². The molecule has 1 aliphatic rings. The molecule has 6 nitrogen and oxygen atoms in total. The summed E-state index contributed by atoms with van der Waals surface area (Å²) in [5.74, 6) is -1.42. The Morgan fingerprint density at radius 2 is 1.59 bits per heavy atom. The van der Waals surface area contributed by atoms with Crippen molar-refractivity contribution in [3.63, 3.8) is 0 Å². The first-order valence-corrected chi connectivity index (χ1v) is 10.6. The zero-order valence-corrected chi connectivity index (χ0v) is 17.5. The molecule has 3 heterocycles. The van der Waals surface area contributed by atoms with Crippen LogP contribution < -0.4 is 15.6 Å². The predicted octanol–water partition coefficient (Wildman–Crippen LogP) is 5.15. The zero-order chi connectivity index (χ0) is 23.4. The highest BCUT2D eigenvalue weighted by molar-refractivity contribution is 5.90. The van der Waals surface area contributed by atoms with Crippen LogP contribution in [0.25, 0.3) is 33.1 Å². The summed E-state index contributed by atoms with van der Waals surface area (Å²) in [6.45, 7) is 0. The van der Waals surface area contributed by atoms with Gasteiger partial charge in [-0.3, -0.25) is 14.4 Å². The number of rotatable bonds is 2. The van der Waals surface area contributed by atoms with Crippen LogP contribution in [0.4, 0.5) is 4.39 Å². The minimum atomic E-state index is -0.722. The van der Waals surface area contributed by atoms with Gasteiger partial charge in [-0.1, -0.05) is 24.3 Å². The van der Waals surface area contributed by atoms with Crippen molar-refractivity contribution in [3.8, 4) is 16.9 Å². The van der Waals surface area contributed by atoms with Gasteiger partial charge in [-0.15, -0.1) is 0 Å². The Morgan fingerprint density at radius 3 is 2.41 bits per heavy atom. The van der Waals surface area contributed by atoms with E-state index in [4.69, 9.17) is 13.6 Å². The van der Waals surface area contributed by atoms with Crippen LogP contribution in [0.5, 0.6) is 5.75 Å². The molecule has 0 fully saturated rings. The van der Waals surface area contributed by atoms with Crippen LogP contribution in [0.3, 0.4) is 0 Å². The number of carbonyl (C=O) groups is 1. The molecular formula is C27H15FO6. The van der Waals surface area contributed by atoms with E-state index in [-0.39, 0.29) is 45.1 Å². The predicted molar refractivity (Wildman–Crippen MR) is 122 cm³/mol. The van der Waals surface area contributed by atoms with Crippen molar-refractivity contribution >= 4 is 27.9 Å². The average Bonchev–Trinajstić information content (AvgIpc) is 2.84. The molecule has 0 aliphatic carbocycles. The maximum atomic E-state index is 13.3. The summed E-state index contributed by atoms with van der Waals surface area (Å²) in [6, 6.07) is 15.4. The lowest BCUT2D eigenvalue weighted by atomic mass is 9.85. The van der Waals surface area contributed by atoms with Gasteiger partial charge in [0.25, 0.3) is 0 Å². The lowest BCUT2D eigenvalue weighted by molar-refractivity contribution is -0.135. The fourth-order valence-corrected chi connectivity index (χ4v) is 4.48. The second kappa shape index (κ2) is 7.52. The fourth-order valence-electron chi connectivity index (χ4n) is 4.48. The lowest BCUT2D eigenvalue weighted by Gasteiger charge is -2.25. The monoisotopic (exact) mass is 454 g/mol. The van der Waals surface area contributed by atoms with Gasteiger partial charge < -0.3 is 13.6 Å². The van der Waals surface area contributed by atoms with E-state index in [0.29, 0.717) is 22.1 Å². The summed E-state index contributed by atoms with van der Waals surface area (Å²) in [7, 11) is 0. The van der Waals surface area contributed by atoms with Gasteiger partial charge in [0, 0.05) is 17.0 Å². The number of fused-ring (bicyclic) bond motifs is 4. The maximum Gasteiger partial charge on any atom is 0.312 e. The molecule has 3 aromatic carbocycles. The van der Waals surface area contributed by atoms with Crippen molar-refractivity contribution in [2.45, 2.75) is 12.3 Å².